The molecule has 2 fully saturated rings. The highest BCUT2D eigenvalue weighted by Gasteiger charge is 2.47. The molecule has 0 aromatic carbocycles. The van der Waals surface area contributed by atoms with E-state index in [0.29, 0.717) is 12.8 Å². The number of ether oxygens (including phenoxy) is 6. The van der Waals surface area contributed by atoms with Crippen molar-refractivity contribution >= 4 is 11.9 Å². The molecule has 2 heterocycles. The van der Waals surface area contributed by atoms with Gasteiger partial charge in [-0.3, -0.25) is 9.59 Å². The normalized spacial score (nSPS) is 23.3. The monoisotopic (exact) mass is 1170 g/mol. The van der Waals surface area contributed by atoms with Gasteiger partial charge in [0.25, 0.3) is 0 Å². The number of hydrogen-bond acceptors (Lipinski definition) is 15. The number of aliphatic hydroxyl groups is 7. The zero-order chi connectivity index (χ0) is 59.5. The molecule has 0 amide bonds. The van der Waals surface area contributed by atoms with E-state index >= 15 is 0 Å². The van der Waals surface area contributed by atoms with Gasteiger partial charge < -0.3 is 64.2 Å². The van der Waals surface area contributed by atoms with Crippen molar-refractivity contribution in [1.29, 1.82) is 0 Å². The maximum Gasteiger partial charge on any atom is 0.306 e. The second-order valence-corrected chi connectivity index (χ2v) is 24.7. The predicted molar refractivity (Wildman–Crippen MR) is 326 cm³/mol. The van der Waals surface area contributed by atoms with E-state index in [1.165, 1.54) is 244 Å². The lowest BCUT2D eigenvalue weighted by Crippen LogP contribution is -2.61. The lowest BCUT2D eigenvalue weighted by atomic mass is 9.98. The third-order valence-electron chi connectivity index (χ3n) is 17.1. The molecule has 486 valence electrons. The van der Waals surface area contributed by atoms with Crippen molar-refractivity contribution in [2.45, 2.75) is 390 Å². The summed E-state index contributed by atoms with van der Waals surface area (Å²) in [5, 5.41) is 72.5. The van der Waals surface area contributed by atoms with Gasteiger partial charge in [-0.1, -0.05) is 296 Å². The summed E-state index contributed by atoms with van der Waals surface area (Å²) >= 11 is 0. The first kappa shape index (κ1) is 76.6. The Labute approximate surface area is 499 Å². The third-order valence-corrected chi connectivity index (χ3v) is 17.1. The van der Waals surface area contributed by atoms with Crippen LogP contribution in [-0.4, -0.2) is 142 Å². The van der Waals surface area contributed by atoms with Crippen LogP contribution >= 0.6 is 0 Å². The zero-order valence-electron chi connectivity index (χ0n) is 52.5. The van der Waals surface area contributed by atoms with Gasteiger partial charge in [0.05, 0.1) is 19.8 Å². The molecule has 0 aromatic heterocycles. The largest absolute Gasteiger partial charge is 0.462 e. The van der Waals surface area contributed by atoms with Gasteiger partial charge in [-0.15, -0.1) is 0 Å². The number of esters is 2. The van der Waals surface area contributed by atoms with Crippen molar-refractivity contribution in [2.75, 3.05) is 26.4 Å². The van der Waals surface area contributed by atoms with Gasteiger partial charge in [-0.05, 0) is 12.8 Å². The van der Waals surface area contributed by atoms with Crippen molar-refractivity contribution in [1.82, 2.24) is 0 Å². The standard InChI is InChI=1S/C67H128O15/c1-3-5-7-9-11-13-15-17-19-21-23-25-27-28-30-32-34-36-38-40-42-44-46-48-50-59(70)80-55(53-78-66-65(76)63(74)61(72)57(82-66)54-79-67-64(75)62(73)60(71)56(51-68)81-67)52-77-58(69)49-47-45-43-41-39-37-35-33-31-29-26-24-22-20-18-16-14-12-10-8-6-4-2/h55-57,60-68,71-76H,3-54H2,1-2H3. The summed E-state index contributed by atoms with van der Waals surface area (Å²) in [4.78, 5) is 26.0. The van der Waals surface area contributed by atoms with Crippen molar-refractivity contribution in [3.63, 3.8) is 0 Å². The number of carbonyl (C=O) groups excluding carboxylic acids is 2. The lowest BCUT2D eigenvalue weighted by Gasteiger charge is -2.42. The molecule has 0 saturated carbocycles. The van der Waals surface area contributed by atoms with Gasteiger partial charge in [0.2, 0.25) is 0 Å². The molecule has 0 aromatic rings. The van der Waals surface area contributed by atoms with Gasteiger partial charge >= 0.3 is 11.9 Å². The Hall–Kier alpha value is -1.50. The van der Waals surface area contributed by atoms with Gasteiger partial charge in [-0.2, -0.15) is 0 Å². The van der Waals surface area contributed by atoms with Crippen LogP contribution in [0.3, 0.4) is 0 Å². The molecule has 0 aliphatic carbocycles. The molecule has 15 nitrogen and oxygen atoms in total. The summed E-state index contributed by atoms with van der Waals surface area (Å²) in [5.41, 5.74) is 0. The van der Waals surface area contributed by atoms with E-state index in [-0.39, 0.29) is 26.1 Å². The van der Waals surface area contributed by atoms with E-state index in [0.717, 1.165) is 38.5 Å². The summed E-state index contributed by atoms with van der Waals surface area (Å²) in [6, 6.07) is 0. The Morgan fingerprint density at radius 2 is 0.622 bits per heavy atom. The molecular formula is C67H128O15. The molecule has 2 rings (SSSR count). The predicted octanol–water partition coefficient (Wildman–Crippen LogP) is 13.8. The molecule has 15 heteroatoms. The third kappa shape index (κ3) is 39.3. The van der Waals surface area contributed by atoms with E-state index in [2.05, 4.69) is 13.8 Å². The first-order chi connectivity index (χ1) is 40.0. The molecule has 2 saturated heterocycles. The molecule has 2 aliphatic heterocycles. The van der Waals surface area contributed by atoms with Crippen LogP contribution < -0.4 is 0 Å². The topological polar surface area (TPSA) is 231 Å². The van der Waals surface area contributed by atoms with Gasteiger partial charge in [-0.25, -0.2) is 0 Å². The number of carbonyl (C=O) groups is 2. The Balaban J connectivity index is 1.66. The van der Waals surface area contributed by atoms with E-state index in [1.54, 1.807) is 0 Å². The van der Waals surface area contributed by atoms with Gasteiger partial charge in [0, 0.05) is 12.8 Å². The molecule has 0 radical (unpaired) electrons. The smallest absolute Gasteiger partial charge is 0.306 e. The minimum atomic E-state index is -1.76. The molecule has 0 bridgehead atoms. The maximum absolute atomic E-state index is 13.1. The highest BCUT2D eigenvalue weighted by molar-refractivity contribution is 5.70. The first-order valence-corrected chi connectivity index (χ1v) is 34.6. The minimum Gasteiger partial charge on any atom is -0.462 e. The summed E-state index contributed by atoms with van der Waals surface area (Å²) in [6.45, 7) is 2.70. The summed E-state index contributed by atoms with van der Waals surface area (Å²) in [5.74, 6) is -0.897. The van der Waals surface area contributed by atoms with Gasteiger partial charge in [0.1, 0.15) is 55.4 Å². The second-order valence-electron chi connectivity index (χ2n) is 24.7. The number of aliphatic hydroxyl groups excluding tert-OH is 7. The summed E-state index contributed by atoms with van der Waals surface area (Å²) < 4.78 is 33.9. The molecule has 11 atom stereocenters. The van der Waals surface area contributed by atoms with Crippen molar-refractivity contribution in [3.8, 4) is 0 Å². The van der Waals surface area contributed by atoms with Crippen LogP contribution in [0.2, 0.25) is 0 Å². The Kier molecular flexibility index (Phi) is 50.2. The fourth-order valence-corrected chi connectivity index (χ4v) is 11.5. The van der Waals surface area contributed by atoms with Crippen LogP contribution in [0.25, 0.3) is 0 Å². The SMILES string of the molecule is CCCCCCCCCCCCCCCCCCCCCCCCCCC(=O)OC(COC(=O)CCCCCCCCCCCCCCCCCCCCCCCC)COC1OC(COC2OC(CO)C(O)C(O)C2O)C(O)C(O)C1O. The second kappa shape index (κ2) is 53.7. The summed E-state index contributed by atoms with van der Waals surface area (Å²) in [6.07, 6.45) is 42.7. The number of hydrogen-bond donors (Lipinski definition) is 7. The molecule has 7 N–H and O–H groups in total. The van der Waals surface area contributed by atoms with E-state index < -0.39 is 92.7 Å². The number of unbranched alkanes of at least 4 members (excludes halogenated alkanes) is 44. The maximum atomic E-state index is 13.1. The van der Waals surface area contributed by atoms with Crippen LogP contribution in [0.5, 0.6) is 0 Å². The molecule has 82 heavy (non-hydrogen) atoms. The molecular weight excluding hydrogens is 1040 g/mol. The van der Waals surface area contributed by atoms with Crippen LogP contribution in [-0.2, 0) is 38.0 Å². The Morgan fingerprint density at radius 1 is 0.341 bits per heavy atom. The Morgan fingerprint density at radius 3 is 0.951 bits per heavy atom. The highest BCUT2D eigenvalue weighted by atomic mass is 16.7. The molecule has 2 aliphatic rings. The van der Waals surface area contributed by atoms with Crippen LogP contribution in [0.1, 0.15) is 322 Å². The van der Waals surface area contributed by atoms with Gasteiger partial charge in [0.15, 0.2) is 18.7 Å². The molecule has 0 spiro atoms. The Bertz CT molecular complexity index is 1420. The fraction of sp³-hybridized carbons (Fsp3) is 0.970. The highest BCUT2D eigenvalue weighted by Crippen LogP contribution is 2.27. The lowest BCUT2D eigenvalue weighted by molar-refractivity contribution is -0.332. The van der Waals surface area contributed by atoms with E-state index in [4.69, 9.17) is 28.4 Å². The van der Waals surface area contributed by atoms with Crippen LogP contribution in [0.15, 0.2) is 0 Å². The van der Waals surface area contributed by atoms with E-state index in [1.807, 2.05) is 0 Å². The molecule has 11 unspecified atom stereocenters. The quantitative estimate of drug-likeness (QED) is 0.0222. The first-order valence-electron chi connectivity index (χ1n) is 34.6. The van der Waals surface area contributed by atoms with E-state index in [9.17, 15) is 45.3 Å². The average molecular weight is 1170 g/mol. The average Bonchev–Trinajstić information content (AvgIpc) is 3.68. The van der Waals surface area contributed by atoms with Crippen LogP contribution in [0.4, 0.5) is 0 Å². The fourth-order valence-electron chi connectivity index (χ4n) is 11.5. The van der Waals surface area contributed by atoms with Crippen molar-refractivity contribution in [2.24, 2.45) is 0 Å². The zero-order valence-corrected chi connectivity index (χ0v) is 52.5. The van der Waals surface area contributed by atoms with Crippen molar-refractivity contribution in [3.05, 3.63) is 0 Å². The summed E-state index contributed by atoms with van der Waals surface area (Å²) in [7, 11) is 0. The van der Waals surface area contributed by atoms with Crippen LogP contribution in [0, 0.1) is 0 Å². The number of rotatable bonds is 58. The minimum absolute atomic E-state index is 0.175. The van der Waals surface area contributed by atoms with Crippen molar-refractivity contribution < 1.29 is 73.8 Å².